The normalized spacial score (nSPS) is 15.3. The zero-order valence-electron chi connectivity index (χ0n) is 19.3. The van der Waals surface area contributed by atoms with Crippen LogP contribution in [-0.2, 0) is 30.6 Å². The molecule has 1 aliphatic rings. The highest BCUT2D eigenvalue weighted by molar-refractivity contribution is 7.92. The number of benzene rings is 2. The lowest BCUT2D eigenvalue weighted by Gasteiger charge is -2.30. The third-order valence-electron chi connectivity index (χ3n) is 5.83. The van der Waals surface area contributed by atoms with Gasteiger partial charge in [-0.1, -0.05) is 29.3 Å². The number of amides is 1. The topological polar surface area (TPSA) is 138 Å². The van der Waals surface area contributed by atoms with Gasteiger partial charge < -0.3 is 5.32 Å². The average Bonchev–Trinajstić information content (AvgIpc) is 2.87. The lowest BCUT2D eigenvalue weighted by Crippen LogP contribution is -2.42. The van der Waals surface area contributed by atoms with E-state index in [2.05, 4.69) is 20.0 Å². The van der Waals surface area contributed by atoms with Crippen LogP contribution in [0.3, 0.4) is 0 Å². The van der Waals surface area contributed by atoms with Gasteiger partial charge in [0.05, 0.1) is 10.6 Å². The van der Waals surface area contributed by atoms with Gasteiger partial charge in [0.25, 0.3) is 10.0 Å². The van der Waals surface area contributed by atoms with E-state index in [1.807, 2.05) is 0 Å². The first-order valence-electron chi connectivity index (χ1n) is 11.2. The lowest BCUT2D eigenvalue weighted by molar-refractivity contribution is -0.120. The van der Waals surface area contributed by atoms with Gasteiger partial charge in [0.2, 0.25) is 21.9 Å². The van der Waals surface area contributed by atoms with E-state index in [0.717, 1.165) is 0 Å². The van der Waals surface area contributed by atoms with Gasteiger partial charge in [0.15, 0.2) is 0 Å². The Morgan fingerprint density at radius 1 is 0.919 bits per heavy atom. The molecule has 0 spiro atoms. The molecule has 14 heteroatoms. The molecule has 196 valence electrons. The molecule has 0 atom stereocenters. The van der Waals surface area contributed by atoms with E-state index >= 15 is 0 Å². The summed E-state index contributed by atoms with van der Waals surface area (Å²) in [6, 6.07) is 12.1. The second-order valence-corrected chi connectivity index (χ2v) is 12.8. The summed E-state index contributed by atoms with van der Waals surface area (Å²) in [5.41, 5.74) is 0.769. The fourth-order valence-corrected chi connectivity index (χ4v) is 7.11. The maximum Gasteiger partial charge on any atom is 0.264 e. The van der Waals surface area contributed by atoms with Crippen LogP contribution in [0.2, 0.25) is 10.0 Å². The minimum atomic E-state index is -3.89. The number of anilines is 2. The van der Waals surface area contributed by atoms with Crippen molar-refractivity contribution in [3.05, 3.63) is 76.5 Å². The van der Waals surface area contributed by atoms with E-state index in [-0.39, 0.29) is 45.6 Å². The summed E-state index contributed by atoms with van der Waals surface area (Å²) in [6.45, 7) is 0.375. The molecular formula is C23H23Cl2N5O5S2. The van der Waals surface area contributed by atoms with E-state index in [1.165, 1.54) is 41.0 Å². The second kappa shape index (κ2) is 11.3. The molecule has 37 heavy (non-hydrogen) atoms. The van der Waals surface area contributed by atoms with Gasteiger partial charge in [-0.3, -0.25) is 4.79 Å². The molecule has 1 amide bonds. The van der Waals surface area contributed by atoms with Crippen molar-refractivity contribution >= 4 is 60.8 Å². The first-order valence-corrected chi connectivity index (χ1v) is 15.0. The van der Waals surface area contributed by atoms with E-state index in [1.54, 1.807) is 24.3 Å². The monoisotopic (exact) mass is 583 g/mol. The minimum absolute atomic E-state index is 0.0184. The highest BCUT2D eigenvalue weighted by Gasteiger charge is 2.32. The third-order valence-corrected chi connectivity index (χ3v) is 9.69. The Balaban J connectivity index is 1.32. The largest absolute Gasteiger partial charge is 0.326 e. The number of hydrogen-bond acceptors (Lipinski definition) is 7. The number of hydrogen-bond donors (Lipinski definition) is 2. The van der Waals surface area contributed by atoms with Crippen LogP contribution in [0.4, 0.5) is 11.6 Å². The van der Waals surface area contributed by atoms with E-state index in [4.69, 9.17) is 23.2 Å². The summed E-state index contributed by atoms with van der Waals surface area (Å²) in [4.78, 5) is 20.4. The summed E-state index contributed by atoms with van der Waals surface area (Å²) in [5.74, 6) is -1.03. The molecule has 0 radical (unpaired) electrons. The molecule has 2 aromatic carbocycles. The maximum absolute atomic E-state index is 12.9. The Hall–Kier alpha value is -2.77. The molecule has 3 aromatic rings. The highest BCUT2D eigenvalue weighted by Crippen LogP contribution is 2.29. The van der Waals surface area contributed by atoms with Gasteiger partial charge in [-0.05, 0) is 55.3 Å². The van der Waals surface area contributed by atoms with Crippen molar-refractivity contribution in [2.45, 2.75) is 23.5 Å². The predicted octanol–water partition coefficient (Wildman–Crippen LogP) is 3.76. The van der Waals surface area contributed by atoms with Crippen molar-refractivity contribution in [1.29, 1.82) is 0 Å². The molecule has 0 bridgehead atoms. The molecule has 2 heterocycles. The molecule has 10 nitrogen and oxygen atoms in total. The fourth-order valence-electron chi connectivity index (χ4n) is 3.83. The quantitative estimate of drug-likeness (QED) is 0.411. The molecule has 1 aliphatic heterocycles. The number of carbonyl (C=O) groups is 1. The summed E-state index contributed by atoms with van der Waals surface area (Å²) in [5, 5.41) is 3.34. The van der Waals surface area contributed by atoms with Crippen molar-refractivity contribution in [1.82, 2.24) is 14.3 Å². The summed E-state index contributed by atoms with van der Waals surface area (Å²) < 4.78 is 54.4. The standard InChI is InChI=1S/C23H23Cl2N5O5S2/c24-20-3-1-4-21(25)19(20)15-36(32,33)30-13-9-16(10-14-30)22(31)28-17-5-7-18(8-6-17)37(34,35)29-23-26-11-2-12-27-23/h1-8,11-12,16H,9-10,13-15H2,(H,28,31)(H,26,27,29). The van der Waals surface area contributed by atoms with Crippen molar-refractivity contribution in [2.75, 3.05) is 23.1 Å². The van der Waals surface area contributed by atoms with Crippen molar-refractivity contribution in [3.8, 4) is 0 Å². The van der Waals surface area contributed by atoms with Crippen molar-refractivity contribution < 1.29 is 21.6 Å². The molecule has 0 saturated carbocycles. The van der Waals surface area contributed by atoms with Gasteiger partial charge in [-0.2, -0.15) is 0 Å². The molecule has 4 rings (SSSR count). The van der Waals surface area contributed by atoms with Gasteiger partial charge in [0.1, 0.15) is 0 Å². The Morgan fingerprint density at radius 3 is 2.11 bits per heavy atom. The zero-order chi connectivity index (χ0) is 26.6. The van der Waals surface area contributed by atoms with Crippen LogP contribution in [0.1, 0.15) is 18.4 Å². The smallest absolute Gasteiger partial charge is 0.264 e. The van der Waals surface area contributed by atoms with Crippen LogP contribution in [0.5, 0.6) is 0 Å². The summed E-state index contributed by atoms with van der Waals surface area (Å²) in [7, 11) is -7.56. The van der Waals surface area contributed by atoms with Gasteiger partial charge in [0, 0.05) is 52.7 Å². The Labute approximate surface area is 225 Å². The minimum Gasteiger partial charge on any atom is -0.326 e. The van der Waals surface area contributed by atoms with E-state index in [9.17, 15) is 21.6 Å². The van der Waals surface area contributed by atoms with Gasteiger partial charge >= 0.3 is 0 Å². The van der Waals surface area contributed by atoms with E-state index in [0.29, 0.717) is 24.1 Å². The molecular weight excluding hydrogens is 561 g/mol. The number of sulfonamides is 2. The molecule has 1 fully saturated rings. The van der Waals surface area contributed by atoms with Gasteiger partial charge in [-0.15, -0.1) is 0 Å². The van der Waals surface area contributed by atoms with E-state index < -0.39 is 26.0 Å². The Morgan fingerprint density at radius 2 is 1.51 bits per heavy atom. The molecule has 0 unspecified atom stereocenters. The second-order valence-electron chi connectivity index (χ2n) is 8.32. The number of rotatable bonds is 8. The third kappa shape index (κ3) is 6.76. The number of piperidine rings is 1. The Bertz CT molecular complexity index is 1460. The highest BCUT2D eigenvalue weighted by atomic mass is 35.5. The van der Waals surface area contributed by atoms with Crippen molar-refractivity contribution in [2.24, 2.45) is 5.92 Å². The first kappa shape index (κ1) is 27.3. The van der Waals surface area contributed by atoms with Crippen LogP contribution in [0.25, 0.3) is 0 Å². The Kier molecular flexibility index (Phi) is 8.34. The maximum atomic E-state index is 12.9. The fraction of sp³-hybridized carbons (Fsp3) is 0.261. The van der Waals surface area contributed by atoms with Crippen LogP contribution in [0.15, 0.2) is 65.8 Å². The number of nitrogens with one attached hydrogen (secondary N) is 2. The molecule has 1 aromatic heterocycles. The number of aromatic nitrogens is 2. The number of carbonyl (C=O) groups excluding carboxylic acids is 1. The number of halogens is 2. The predicted molar refractivity (Wildman–Crippen MR) is 141 cm³/mol. The lowest BCUT2D eigenvalue weighted by atomic mass is 9.97. The number of nitrogens with zero attached hydrogens (tertiary/aromatic N) is 3. The summed E-state index contributed by atoms with van der Waals surface area (Å²) >= 11 is 12.2. The average molecular weight is 585 g/mol. The first-order chi connectivity index (χ1) is 17.5. The van der Waals surface area contributed by atoms with Crippen LogP contribution in [0, 0.1) is 5.92 Å². The van der Waals surface area contributed by atoms with Crippen LogP contribution < -0.4 is 10.0 Å². The zero-order valence-corrected chi connectivity index (χ0v) is 22.5. The summed E-state index contributed by atoms with van der Waals surface area (Å²) in [6.07, 6.45) is 3.51. The van der Waals surface area contributed by atoms with Crippen LogP contribution in [-0.4, -0.2) is 50.1 Å². The molecule has 0 aliphatic carbocycles. The van der Waals surface area contributed by atoms with Crippen molar-refractivity contribution in [3.63, 3.8) is 0 Å². The van der Waals surface area contributed by atoms with Crippen LogP contribution >= 0.6 is 23.2 Å². The molecule has 1 saturated heterocycles. The SMILES string of the molecule is O=C(Nc1ccc(S(=O)(=O)Nc2ncccn2)cc1)C1CCN(S(=O)(=O)Cc2c(Cl)cccc2Cl)CC1. The molecule has 2 N–H and O–H groups in total. The van der Waals surface area contributed by atoms with Gasteiger partial charge in [-0.25, -0.2) is 35.8 Å².